The molecule has 4 rings (SSSR count). The van der Waals surface area contributed by atoms with Crippen LogP contribution in [0.5, 0.6) is 17.2 Å². The van der Waals surface area contributed by atoms with Crippen molar-refractivity contribution in [2.75, 3.05) is 0 Å². The molecule has 0 bridgehead atoms. The van der Waals surface area contributed by atoms with Gasteiger partial charge in [-0.25, -0.2) is 4.79 Å². The van der Waals surface area contributed by atoms with Gasteiger partial charge < -0.3 is 14.6 Å². The van der Waals surface area contributed by atoms with Crippen LogP contribution in [-0.4, -0.2) is 23.4 Å². The third kappa shape index (κ3) is 3.51. The summed E-state index contributed by atoms with van der Waals surface area (Å²) >= 11 is 0. The molecule has 0 saturated carbocycles. The number of carbonyl (C=O) groups is 1. The molecule has 0 aromatic heterocycles. The topological polar surface area (TPSA) is 55.8 Å². The Morgan fingerprint density at radius 3 is 2.48 bits per heavy atom. The number of fused-ring (bicyclic) bond motifs is 2. The molecule has 29 heavy (non-hydrogen) atoms. The molecular formula is C22H15F3O4. The number of carboxylic acid groups (broad SMARTS) is 1. The van der Waals surface area contributed by atoms with Crippen LogP contribution in [0.3, 0.4) is 0 Å². The highest BCUT2D eigenvalue weighted by molar-refractivity contribution is 5.95. The van der Waals surface area contributed by atoms with Gasteiger partial charge >= 0.3 is 12.1 Å². The normalized spacial score (nSPS) is 16.0. The smallest absolute Gasteiger partial charge is 0.430 e. The summed E-state index contributed by atoms with van der Waals surface area (Å²) in [5.74, 6) is -0.869. The number of rotatable bonds is 3. The summed E-state index contributed by atoms with van der Waals surface area (Å²) in [6.45, 7) is 1.57. The highest BCUT2D eigenvalue weighted by atomic mass is 19.4. The lowest BCUT2D eigenvalue weighted by atomic mass is 9.99. The van der Waals surface area contributed by atoms with Crippen molar-refractivity contribution in [3.63, 3.8) is 0 Å². The van der Waals surface area contributed by atoms with E-state index in [9.17, 15) is 18.0 Å². The van der Waals surface area contributed by atoms with E-state index in [0.717, 1.165) is 16.8 Å². The standard InChI is InChI=1S/C22H15F3O4/c1-12-18(28-16-8-6-13-4-2-3-5-14(13)10-16)9-7-15-11-17(21(26)27)20(22(23,24)25)29-19(12)15/h2-11,20H,1H3,(H,26,27). The maximum atomic E-state index is 13.3. The first-order valence-corrected chi connectivity index (χ1v) is 8.72. The molecule has 1 aliphatic heterocycles. The molecule has 0 radical (unpaired) electrons. The second-order valence-electron chi connectivity index (χ2n) is 6.66. The minimum absolute atomic E-state index is 0.0457. The second-order valence-corrected chi connectivity index (χ2v) is 6.66. The number of aliphatic carboxylic acids is 1. The lowest BCUT2D eigenvalue weighted by Gasteiger charge is -2.28. The summed E-state index contributed by atoms with van der Waals surface area (Å²) in [7, 11) is 0. The van der Waals surface area contributed by atoms with Crippen LogP contribution in [0.2, 0.25) is 0 Å². The maximum absolute atomic E-state index is 13.3. The maximum Gasteiger partial charge on any atom is 0.430 e. The third-order valence-electron chi connectivity index (χ3n) is 4.71. The van der Waals surface area contributed by atoms with Crippen molar-refractivity contribution in [2.24, 2.45) is 0 Å². The predicted molar refractivity (Wildman–Crippen MR) is 101 cm³/mol. The zero-order valence-electron chi connectivity index (χ0n) is 15.2. The summed E-state index contributed by atoms with van der Waals surface area (Å²) in [4.78, 5) is 11.2. The highest BCUT2D eigenvalue weighted by Crippen LogP contribution is 2.42. The summed E-state index contributed by atoms with van der Waals surface area (Å²) in [5.41, 5.74) is -0.246. The van der Waals surface area contributed by atoms with Gasteiger partial charge in [0.05, 0.1) is 5.57 Å². The minimum atomic E-state index is -4.86. The van der Waals surface area contributed by atoms with Gasteiger partial charge in [0.1, 0.15) is 17.2 Å². The fourth-order valence-electron chi connectivity index (χ4n) is 3.27. The fraction of sp³-hybridized carbons (Fsp3) is 0.136. The zero-order valence-corrected chi connectivity index (χ0v) is 15.2. The molecule has 0 amide bonds. The number of carboxylic acids is 1. The highest BCUT2D eigenvalue weighted by Gasteiger charge is 2.48. The first-order chi connectivity index (χ1) is 13.7. The second kappa shape index (κ2) is 6.84. The number of hydrogen-bond donors (Lipinski definition) is 1. The van der Waals surface area contributed by atoms with Crippen molar-refractivity contribution in [2.45, 2.75) is 19.2 Å². The molecule has 1 heterocycles. The SMILES string of the molecule is Cc1c(Oc2ccc3ccccc3c2)ccc2c1OC(C(F)(F)F)C(C(=O)O)=C2. The van der Waals surface area contributed by atoms with Crippen LogP contribution in [0.4, 0.5) is 13.2 Å². The molecule has 3 aromatic rings. The van der Waals surface area contributed by atoms with E-state index in [1.807, 2.05) is 36.4 Å². The molecule has 0 saturated heterocycles. The van der Waals surface area contributed by atoms with E-state index < -0.39 is 23.8 Å². The average molecular weight is 400 g/mol. The lowest BCUT2D eigenvalue weighted by Crippen LogP contribution is -2.40. The lowest BCUT2D eigenvalue weighted by molar-refractivity contribution is -0.187. The van der Waals surface area contributed by atoms with Crippen LogP contribution >= 0.6 is 0 Å². The summed E-state index contributed by atoms with van der Waals surface area (Å²) in [6, 6.07) is 16.2. The third-order valence-corrected chi connectivity index (χ3v) is 4.71. The van der Waals surface area contributed by atoms with Crippen molar-refractivity contribution < 1.29 is 32.5 Å². The first kappa shape index (κ1) is 18.9. The van der Waals surface area contributed by atoms with Crippen molar-refractivity contribution in [1.82, 2.24) is 0 Å². The number of hydrogen-bond acceptors (Lipinski definition) is 3. The van der Waals surface area contributed by atoms with Crippen LogP contribution in [0.15, 0.2) is 60.2 Å². The van der Waals surface area contributed by atoms with Gasteiger partial charge in [0.25, 0.3) is 0 Å². The molecule has 148 valence electrons. The van der Waals surface area contributed by atoms with E-state index in [1.54, 1.807) is 19.1 Å². The monoisotopic (exact) mass is 400 g/mol. The number of benzene rings is 3. The number of alkyl halides is 3. The molecule has 1 atom stereocenters. The molecular weight excluding hydrogens is 385 g/mol. The van der Waals surface area contributed by atoms with Crippen molar-refractivity contribution in [3.05, 3.63) is 71.3 Å². The zero-order chi connectivity index (χ0) is 20.8. The first-order valence-electron chi connectivity index (χ1n) is 8.72. The largest absolute Gasteiger partial charge is 0.478 e. The van der Waals surface area contributed by atoms with Crippen molar-refractivity contribution in [1.29, 1.82) is 0 Å². The van der Waals surface area contributed by atoms with Gasteiger partial charge in [0, 0.05) is 11.1 Å². The van der Waals surface area contributed by atoms with Gasteiger partial charge in [-0.1, -0.05) is 30.3 Å². The van der Waals surface area contributed by atoms with Gasteiger partial charge in [-0.3, -0.25) is 0 Å². The van der Waals surface area contributed by atoms with E-state index in [1.165, 1.54) is 6.07 Å². The minimum Gasteiger partial charge on any atom is -0.478 e. The Balaban J connectivity index is 1.72. The Hall–Kier alpha value is -3.48. The molecule has 1 N–H and O–H groups in total. The molecule has 0 aliphatic carbocycles. The van der Waals surface area contributed by atoms with E-state index in [-0.39, 0.29) is 11.3 Å². The van der Waals surface area contributed by atoms with E-state index in [0.29, 0.717) is 17.1 Å². The van der Waals surface area contributed by atoms with Gasteiger partial charge in [0.15, 0.2) is 0 Å². The molecule has 4 nitrogen and oxygen atoms in total. The molecule has 1 unspecified atom stereocenters. The van der Waals surface area contributed by atoms with E-state index in [2.05, 4.69) is 0 Å². The van der Waals surface area contributed by atoms with Crippen LogP contribution < -0.4 is 9.47 Å². The van der Waals surface area contributed by atoms with Gasteiger partial charge in [-0.15, -0.1) is 0 Å². The van der Waals surface area contributed by atoms with E-state index >= 15 is 0 Å². The van der Waals surface area contributed by atoms with Crippen LogP contribution in [0, 0.1) is 6.92 Å². The summed E-state index contributed by atoms with van der Waals surface area (Å²) in [5, 5.41) is 11.1. The Kier molecular flexibility index (Phi) is 4.45. The molecule has 3 aromatic carbocycles. The molecule has 0 fully saturated rings. The molecule has 7 heteroatoms. The molecule has 0 spiro atoms. The summed E-state index contributed by atoms with van der Waals surface area (Å²) in [6.07, 6.45) is -6.41. The van der Waals surface area contributed by atoms with Gasteiger partial charge in [-0.05, 0) is 48.0 Å². The number of halogens is 3. The Labute approximate surface area is 163 Å². The fourth-order valence-corrected chi connectivity index (χ4v) is 3.27. The average Bonchev–Trinajstić information content (AvgIpc) is 2.68. The Morgan fingerprint density at radius 1 is 1.07 bits per heavy atom. The van der Waals surface area contributed by atoms with Gasteiger partial charge in [0.2, 0.25) is 6.10 Å². The molecule has 1 aliphatic rings. The predicted octanol–water partition coefficient (Wildman–Crippen LogP) is 5.73. The Bertz CT molecular complexity index is 1150. The van der Waals surface area contributed by atoms with Crippen LogP contribution in [0.25, 0.3) is 16.8 Å². The van der Waals surface area contributed by atoms with Crippen LogP contribution in [0.1, 0.15) is 11.1 Å². The van der Waals surface area contributed by atoms with Crippen molar-refractivity contribution in [3.8, 4) is 17.2 Å². The Morgan fingerprint density at radius 2 is 1.79 bits per heavy atom. The van der Waals surface area contributed by atoms with Crippen molar-refractivity contribution >= 4 is 22.8 Å². The quantitative estimate of drug-likeness (QED) is 0.610. The van der Waals surface area contributed by atoms with Crippen LogP contribution in [-0.2, 0) is 4.79 Å². The summed E-state index contributed by atoms with van der Waals surface area (Å²) < 4.78 is 50.9. The van der Waals surface area contributed by atoms with Gasteiger partial charge in [-0.2, -0.15) is 13.2 Å². The van der Waals surface area contributed by atoms with E-state index in [4.69, 9.17) is 14.6 Å². The number of ether oxygens (including phenoxy) is 2.